The van der Waals surface area contributed by atoms with Crippen molar-refractivity contribution in [2.24, 2.45) is 5.92 Å². The van der Waals surface area contributed by atoms with E-state index in [1.165, 1.54) is 12.1 Å². The summed E-state index contributed by atoms with van der Waals surface area (Å²) >= 11 is 0. The van der Waals surface area contributed by atoms with E-state index in [9.17, 15) is 18.8 Å². The summed E-state index contributed by atoms with van der Waals surface area (Å²) in [4.78, 5) is 39.9. The third-order valence-electron chi connectivity index (χ3n) is 5.08. The fraction of sp³-hybridized carbons (Fsp3) is 0.500. The molecule has 1 aromatic rings. The molecule has 1 unspecified atom stereocenters. The number of amides is 3. The number of carbonyl (C=O) groups is 3. The van der Waals surface area contributed by atoms with Crippen molar-refractivity contribution < 1.29 is 18.8 Å². The van der Waals surface area contributed by atoms with Gasteiger partial charge < -0.3 is 15.1 Å². The molecule has 0 saturated carbocycles. The Bertz CT molecular complexity index is 720. The Hall–Kier alpha value is -2.44. The molecule has 2 aliphatic rings. The van der Waals surface area contributed by atoms with Gasteiger partial charge in [0.2, 0.25) is 11.8 Å². The SMILES string of the molecule is CNC(=O)C1CC(=O)N(C2CN(C(=O)c3c(C)cc(F)cc3C)C2)C1. The van der Waals surface area contributed by atoms with Crippen LogP contribution in [0.3, 0.4) is 0 Å². The summed E-state index contributed by atoms with van der Waals surface area (Å²) in [6.45, 7) is 4.74. The van der Waals surface area contributed by atoms with Crippen LogP contribution in [-0.2, 0) is 9.59 Å². The van der Waals surface area contributed by atoms with Crippen LogP contribution >= 0.6 is 0 Å². The first kappa shape index (κ1) is 17.4. The molecule has 1 N–H and O–H groups in total. The van der Waals surface area contributed by atoms with Crippen LogP contribution in [0, 0.1) is 25.6 Å². The Labute approximate surface area is 146 Å². The van der Waals surface area contributed by atoms with Gasteiger partial charge in [-0.05, 0) is 37.1 Å². The zero-order valence-corrected chi connectivity index (χ0v) is 14.6. The minimum absolute atomic E-state index is 0.0418. The quantitative estimate of drug-likeness (QED) is 0.882. The van der Waals surface area contributed by atoms with Crippen LogP contribution in [0.25, 0.3) is 0 Å². The van der Waals surface area contributed by atoms with Crippen LogP contribution in [-0.4, -0.2) is 60.2 Å². The van der Waals surface area contributed by atoms with Crippen molar-refractivity contribution in [3.63, 3.8) is 0 Å². The smallest absolute Gasteiger partial charge is 0.254 e. The second kappa shape index (κ2) is 6.46. The predicted molar refractivity (Wildman–Crippen MR) is 89.5 cm³/mol. The lowest BCUT2D eigenvalue weighted by Gasteiger charge is -2.44. The molecule has 6 nitrogen and oxygen atoms in total. The van der Waals surface area contributed by atoms with E-state index in [0.717, 1.165) is 0 Å². The number of carbonyl (C=O) groups excluding carboxylic acids is 3. The Morgan fingerprint density at radius 3 is 2.32 bits per heavy atom. The van der Waals surface area contributed by atoms with Crippen molar-refractivity contribution in [2.75, 3.05) is 26.7 Å². The van der Waals surface area contributed by atoms with Crippen LogP contribution in [0.2, 0.25) is 0 Å². The first-order valence-electron chi connectivity index (χ1n) is 8.39. The highest BCUT2D eigenvalue weighted by Gasteiger charge is 2.43. The molecule has 2 fully saturated rings. The standard InChI is InChI=1S/C18H22FN3O3/c1-10-4-13(19)5-11(2)16(10)18(25)21-8-14(9-21)22-7-12(6-15(22)23)17(24)20-3/h4-5,12,14H,6-9H2,1-3H3,(H,20,24). The van der Waals surface area contributed by atoms with Crippen molar-refractivity contribution in [1.82, 2.24) is 15.1 Å². The molecule has 0 radical (unpaired) electrons. The normalized spacial score (nSPS) is 20.6. The van der Waals surface area contributed by atoms with E-state index in [4.69, 9.17) is 0 Å². The van der Waals surface area contributed by atoms with Gasteiger partial charge >= 0.3 is 0 Å². The minimum Gasteiger partial charge on any atom is -0.359 e. The summed E-state index contributed by atoms with van der Waals surface area (Å²) in [5.74, 6) is -0.971. The lowest BCUT2D eigenvalue weighted by molar-refractivity contribution is -0.132. The van der Waals surface area contributed by atoms with E-state index < -0.39 is 0 Å². The first-order valence-corrected chi connectivity index (χ1v) is 8.39. The van der Waals surface area contributed by atoms with Gasteiger partial charge in [0.15, 0.2) is 0 Å². The maximum atomic E-state index is 13.4. The third kappa shape index (κ3) is 3.10. The highest BCUT2D eigenvalue weighted by molar-refractivity contribution is 5.98. The van der Waals surface area contributed by atoms with E-state index in [1.807, 2.05) is 0 Å². The molecule has 2 heterocycles. The Balaban J connectivity index is 1.64. The summed E-state index contributed by atoms with van der Waals surface area (Å²) in [5.41, 5.74) is 1.75. The minimum atomic E-state index is -0.351. The molecule has 134 valence electrons. The van der Waals surface area contributed by atoms with Crippen LogP contribution in [0.1, 0.15) is 27.9 Å². The molecule has 2 saturated heterocycles. The predicted octanol–water partition coefficient (Wildman–Crippen LogP) is 0.861. The van der Waals surface area contributed by atoms with E-state index in [1.54, 1.807) is 30.7 Å². The molecular weight excluding hydrogens is 325 g/mol. The highest BCUT2D eigenvalue weighted by Crippen LogP contribution is 2.27. The maximum absolute atomic E-state index is 13.4. The molecule has 0 bridgehead atoms. The van der Waals surface area contributed by atoms with Crippen molar-refractivity contribution in [1.29, 1.82) is 0 Å². The number of aryl methyl sites for hydroxylation is 2. The fourth-order valence-corrected chi connectivity index (χ4v) is 3.69. The van der Waals surface area contributed by atoms with Crippen LogP contribution in [0.5, 0.6) is 0 Å². The maximum Gasteiger partial charge on any atom is 0.254 e. The second-order valence-corrected chi connectivity index (χ2v) is 6.84. The average Bonchev–Trinajstić information content (AvgIpc) is 2.86. The molecule has 0 aliphatic carbocycles. The molecule has 2 aliphatic heterocycles. The van der Waals surface area contributed by atoms with Gasteiger partial charge in [-0.1, -0.05) is 0 Å². The second-order valence-electron chi connectivity index (χ2n) is 6.84. The summed E-state index contributed by atoms with van der Waals surface area (Å²) in [6.07, 6.45) is 0.223. The van der Waals surface area contributed by atoms with E-state index in [2.05, 4.69) is 5.32 Å². The number of hydrogen-bond donors (Lipinski definition) is 1. The molecule has 3 rings (SSSR count). The third-order valence-corrected chi connectivity index (χ3v) is 5.08. The molecule has 1 atom stereocenters. The monoisotopic (exact) mass is 347 g/mol. The molecule has 1 aromatic carbocycles. The van der Waals surface area contributed by atoms with Gasteiger partial charge in [0.05, 0.1) is 12.0 Å². The van der Waals surface area contributed by atoms with Crippen molar-refractivity contribution in [3.05, 3.63) is 34.6 Å². The van der Waals surface area contributed by atoms with E-state index in [0.29, 0.717) is 36.3 Å². The van der Waals surface area contributed by atoms with Crippen molar-refractivity contribution in [2.45, 2.75) is 26.3 Å². The lowest BCUT2D eigenvalue weighted by Crippen LogP contribution is -2.61. The summed E-state index contributed by atoms with van der Waals surface area (Å²) in [5, 5.41) is 2.58. The Morgan fingerprint density at radius 1 is 1.16 bits per heavy atom. The van der Waals surface area contributed by atoms with Gasteiger partial charge in [0, 0.05) is 38.7 Å². The molecular formula is C18H22FN3O3. The number of nitrogens with one attached hydrogen (secondary N) is 1. The van der Waals surface area contributed by atoms with Gasteiger partial charge in [0.25, 0.3) is 5.91 Å². The largest absolute Gasteiger partial charge is 0.359 e. The number of benzene rings is 1. The van der Waals surface area contributed by atoms with Crippen LogP contribution in [0.15, 0.2) is 12.1 Å². The number of nitrogens with zero attached hydrogens (tertiary/aromatic N) is 2. The van der Waals surface area contributed by atoms with E-state index in [-0.39, 0.29) is 41.9 Å². The lowest BCUT2D eigenvalue weighted by atomic mass is 9.98. The number of halogens is 1. The van der Waals surface area contributed by atoms with Crippen molar-refractivity contribution in [3.8, 4) is 0 Å². The molecule has 3 amide bonds. The zero-order valence-electron chi connectivity index (χ0n) is 14.6. The van der Waals surface area contributed by atoms with Gasteiger partial charge in [-0.15, -0.1) is 0 Å². The van der Waals surface area contributed by atoms with Crippen molar-refractivity contribution >= 4 is 17.7 Å². The number of rotatable bonds is 3. The highest BCUT2D eigenvalue weighted by atomic mass is 19.1. The van der Waals surface area contributed by atoms with E-state index >= 15 is 0 Å². The first-order chi connectivity index (χ1) is 11.8. The molecule has 0 spiro atoms. The van der Waals surface area contributed by atoms with Gasteiger partial charge in [-0.2, -0.15) is 0 Å². The van der Waals surface area contributed by atoms with Crippen LogP contribution < -0.4 is 5.32 Å². The molecule has 0 aromatic heterocycles. The van der Waals surface area contributed by atoms with Gasteiger partial charge in [-0.3, -0.25) is 14.4 Å². The average molecular weight is 347 g/mol. The fourth-order valence-electron chi connectivity index (χ4n) is 3.69. The van der Waals surface area contributed by atoms with Gasteiger partial charge in [-0.25, -0.2) is 4.39 Å². The molecule has 7 heteroatoms. The summed E-state index contributed by atoms with van der Waals surface area (Å²) < 4.78 is 13.4. The van der Waals surface area contributed by atoms with Gasteiger partial charge in [0.1, 0.15) is 5.82 Å². The summed E-state index contributed by atoms with van der Waals surface area (Å²) in [7, 11) is 1.56. The van der Waals surface area contributed by atoms with Crippen LogP contribution in [0.4, 0.5) is 4.39 Å². The summed E-state index contributed by atoms with van der Waals surface area (Å²) in [6, 6.07) is 2.66. The molecule has 25 heavy (non-hydrogen) atoms. The number of hydrogen-bond acceptors (Lipinski definition) is 3. The Morgan fingerprint density at radius 2 is 1.76 bits per heavy atom. The topological polar surface area (TPSA) is 69.7 Å². The number of likely N-dealkylation sites (tertiary alicyclic amines) is 2. The zero-order chi connectivity index (χ0) is 18.3. The Kier molecular flexibility index (Phi) is 4.49.